The summed E-state index contributed by atoms with van der Waals surface area (Å²) in [5.74, 6) is -2.19. The molecule has 2 aromatic carbocycles. The molecule has 12 heteroatoms. The van der Waals surface area contributed by atoms with Crippen LogP contribution >= 0.6 is 11.6 Å². The van der Waals surface area contributed by atoms with Crippen molar-refractivity contribution in [3.8, 4) is 11.3 Å². The minimum Gasteiger partial charge on any atom is -0.457 e. The second-order valence-corrected chi connectivity index (χ2v) is 9.22. The van der Waals surface area contributed by atoms with Gasteiger partial charge in [-0.1, -0.05) is 11.6 Å². The van der Waals surface area contributed by atoms with E-state index in [1.807, 2.05) is 4.72 Å². The molecule has 0 spiro atoms. The number of benzene rings is 2. The van der Waals surface area contributed by atoms with E-state index in [1.54, 1.807) is 6.07 Å². The van der Waals surface area contributed by atoms with Crippen LogP contribution in [0.15, 0.2) is 69.5 Å². The molecule has 34 heavy (non-hydrogen) atoms. The van der Waals surface area contributed by atoms with E-state index in [0.29, 0.717) is 11.3 Å². The minimum atomic E-state index is -3.97. The summed E-state index contributed by atoms with van der Waals surface area (Å²) < 4.78 is 45.1. The predicted octanol–water partition coefficient (Wildman–Crippen LogP) is 3.03. The molecule has 0 atom stereocenters. The molecule has 2 N–H and O–H groups in total. The molecule has 0 saturated carbocycles. The molecular weight excluding hydrogens is 489 g/mol. The molecule has 0 radical (unpaired) electrons. The smallest absolute Gasteiger partial charge is 0.282 e. The van der Waals surface area contributed by atoms with Gasteiger partial charge in [-0.05, 0) is 60.7 Å². The molecule has 3 aromatic rings. The first-order chi connectivity index (χ1) is 16.0. The second kappa shape index (κ2) is 8.76. The Morgan fingerprint density at radius 1 is 1.12 bits per heavy atom. The Morgan fingerprint density at radius 3 is 2.47 bits per heavy atom. The Hall–Kier alpha value is -3.96. The highest BCUT2D eigenvalue weighted by molar-refractivity contribution is 7.90. The monoisotopic (exact) mass is 503 g/mol. The molecule has 3 amide bonds. The van der Waals surface area contributed by atoms with Gasteiger partial charge >= 0.3 is 0 Å². The zero-order chi connectivity index (χ0) is 24.6. The van der Waals surface area contributed by atoms with Crippen LogP contribution < -0.4 is 15.2 Å². The fraction of sp³-hybridized carbons (Fsp3) is 0.0455. The molecule has 1 aliphatic rings. The number of hydrogen-bond donors (Lipinski definition) is 2. The molecule has 0 unspecified atom stereocenters. The molecular formula is C22H15ClFN3O6S. The number of hydrogen-bond acceptors (Lipinski definition) is 6. The maximum absolute atomic E-state index is 13.4. The number of nitrogens with zero attached hydrogens (tertiary/aromatic N) is 1. The molecule has 1 fully saturated rings. The lowest BCUT2D eigenvalue weighted by Gasteiger charge is -2.14. The van der Waals surface area contributed by atoms with E-state index in [-0.39, 0.29) is 26.9 Å². The van der Waals surface area contributed by atoms with E-state index >= 15 is 0 Å². The van der Waals surface area contributed by atoms with Gasteiger partial charge in [-0.3, -0.25) is 19.8 Å². The zero-order valence-corrected chi connectivity index (χ0v) is 18.9. The maximum atomic E-state index is 13.4. The van der Waals surface area contributed by atoms with Crippen molar-refractivity contribution >= 4 is 51.1 Å². The van der Waals surface area contributed by atoms with Gasteiger partial charge < -0.3 is 4.42 Å². The second-order valence-electron chi connectivity index (χ2n) is 7.13. The predicted molar refractivity (Wildman–Crippen MR) is 120 cm³/mol. The van der Waals surface area contributed by atoms with Gasteiger partial charge in [-0.2, -0.15) is 0 Å². The number of amides is 3. The Bertz CT molecular complexity index is 1460. The third kappa shape index (κ3) is 4.56. The molecule has 0 aliphatic carbocycles. The highest BCUT2D eigenvalue weighted by atomic mass is 35.5. The zero-order valence-electron chi connectivity index (χ0n) is 17.3. The average molecular weight is 504 g/mol. The number of hydrazine groups is 1. The number of sulfonamides is 1. The van der Waals surface area contributed by atoms with Crippen molar-refractivity contribution < 1.29 is 31.6 Å². The van der Waals surface area contributed by atoms with Crippen LogP contribution in [0.2, 0.25) is 5.02 Å². The van der Waals surface area contributed by atoms with Crippen molar-refractivity contribution in [2.24, 2.45) is 0 Å². The maximum Gasteiger partial charge on any atom is 0.282 e. The number of rotatable bonds is 5. The lowest BCUT2D eigenvalue weighted by molar-refractivity contribution is -0.118. The quantitative estimate of drug-likeness (QED) is 0.407. The molecule has 1 aliphatic heterocycles. The van der Waals surface area contributed by atoms with Crippen LogP contribution in [0.25, 0.3) is 17.4 Å². The summed E-state index contributed by atoms with van der Waals surface area (Å²) in [5, 5.41) is 0.737. The first-order valence-electron chi connectivity index (χ1n) is 9.61. The first-order valence-corrected chi connectivity index (χ1v) is 11.5. The highest BCUT2D eigenvalue weighted by Gasteiger charge is 2.35. The van der Waals surface area contributed by atoms with Crippen LogP contribution in [0.3, 0.4) is 0 Å². The SMILES string of the molecule is CC(=O)NS(=O)(=O)c1ccc(-c2ccc(/C=C3/C(=O)NN(c4ccc(F)c(Cl)c4)C3=O)o2)cc1. The van der Waals surface area contributed by atoms with Crippen LogP contribution in [0, 0.1) is 5.82 Å². The third-order valence-electron chi connectivity index (χ3n) is 4.69. The van der Waals surface area contributed by atoms with Gasteiger partial charge in [-0.25, -0.2) is 22.5 Å². The van der Waals surface area contributed by atoms with E-state index in [1.165, 1.54) is 48.5 Å². The van der Waals surface area contributed by atoms with E-state index in [9.17, 15) is 27.2 Å². The van der Waals surface area contributed by atoms with Crippen molar-refractivity contribution in [3.05, 3.63) is 76.8 Å². The van der Waals surface area contributed by atoms with E-state index in [4.69, 9.17) is 16.0 Å². The van der Waals surface area contributed by atoms with Gasteiger partial charge in [0, 0.05) is 12.5 Å². The molecule has 1 aromatic heterocycles. The summed E-state index contributed by atoms with van der Waals surface area (Å²) >= 11 is 5.75. The fourth-order valence-electron chi connectivity index (χ4n) is 3.14. The van der Waals surface area contributed by atoms with Crippen LogP contribution in [0.4, 0.5) is 10.1 Å². The highest BCUT2D eigenvalue weighted by Crippen LogP contribution is 2.28. The summed E-state index contributed by atoms with van der Waals surface area (Å²) in [4.78, 5) is 36.0. The minimum absolute atomic E-state index is 0.102. The van der Waals surface area contributed by atoms with Crippen molar-refractivity contribution in [1.82, 2.24) is 10.1 Å². The summed E-state index contributed by atoms with van der Waals surface area (Å²) in [6.45, 7) is 1.09. The van der Waals surface area contributed by atoms with Gasteiger partial charge in [0.15, 0.2) is 0 Å². The third-order valence-corrected chi connectivity index (χ3v) is 6.43. The van der Waals surface area contributed by atoms with Crippen LogP contribution in [-0.2, 0) is 24.4 Å². The van der Waals surface area contributed by atoms with Crippen LogP contribution in [0.5, 0.6) is 0 Å². The average Bonchev–Trinajstić information content (AvgIpc) is 3.35. The number of carbonyl (C=O) groups excluding carboxylic acids is 3. The number of furan rings is 1. The molecule has 2 heterocycles. The largest absolute Gasteiger partial charge is 0.457 e. The summed E-state index contributed by atoms with van der Waals surface area (Å²) in [6.07, 6.45) is 1.25. The van der Waals surface area contributed by atoms with Crippen molar-refractivity contribution in [2.45, 2.75) is 11.8 Å². The normalized spacial score (nSPS) is 15.0. The van der Waals surface area contributed by atoms with Crippen molar-refractivity contribution in [3.63, 3.8) is 0 Å². The van der Waals surface area contributed by atoms with E-state index < -0.39 is 33.6 Å². The number of carbonyl (C=O) groups is 3. The fourth-order valence-corrected chi connectivity index (χ4v) is 4.30. The molecule has 1 saturated heterocycles. The molecule has 0 bridgehead atoms. The van der Waals surface area contributed by atoms with Crippen molar-refractivity contribution in [2.75, 3.05) is 5.01 Å². The van der Waals surface area contributed by atoms with E-state index in [2.05, 4.69) is 5.43 Å². The van der Waals surface area contributed by atoms with Crippen molar-refractivity contribution in [1.29, 1.82) is 0 Å². The molecule has 174 valence electrons. The summed E-state index contributed by atoms with van der Waals surface area (Å²) in [5.41, 5.74) is 2.87. The van der Waals surface area contributed by atoms with Gasteiger partial charge in [0.25, 0.3) is 21.8 Å². The summed E-state index contributed by atoms with van der Waals surface area (Å²) in [6, 6.07) is 12.3. The summed E-state index contributed by atoms with van der Waals surface area (Å²) in [7, 11) is -3.97. The van der Waals surface area contributed by atoms with Gasteiger partial charge in [0.2, 0.25) is 5.91 Å². The lowest BCUT2D eigenvalue weighted by atomic mass is 10.2. The van der Waals surface area contributed by atoms with Gasteiger partial charge in [-0.15, -0.1) is 0 Å². The molecule has 9 nitrogen and oxygen atoms in total. The first kappa shape index (κ1) is 23.2. The van der Waals surface area contributed by atoms with E-state index in [0.717, 1.165) is 18.0 Å². The molecule has 4 rings (SSSR count). The Balaban J connectivity index is 1.56. The van der Waals surface area contributed by atoms with Crippen LogP contribution in [-0.4, -0.2) is 26.1 Å². The Labute approximate surface area is 197 Å². The Morgan fingerprint density at radius 2 is 1.82 bits per heavy atom. The van der Waals surface area contributed by atoms with Gasteiger partial charge in [0.05, 0.1) is 15.6 Å². The lowest BCUT2D eigenvalue weighted by Crippen LogP contribution is -2.35. The van der Waals surface area contributed by atoms with Crippen LogP contribution in [0.1, 0.15) is 12.7 Å². The number of anilines is 1. The number of nitrogens with one attached hydrogen (secondary N) is 2. The standard InChI is InChI=1S/C22H15ClFN3O6S/c1-12(28)26-34(31,32)16-6-2-13(3-7-16)20-9-5-15(33-20)11-17-21(29)25-27(22(17)30)14-4-8-19(24)18(23)10-14/h2-11H,1H3,(H,25,29)(H,26,28)/b17-11-. The topological polar surface area (TPSA) is 126 Å². The Kier molecular flexibility index (Phi) is 5.98. The number of halogens is 2. The van der Waals surface area contributed by atoms with Gasteiger partial charge in [0.1, 0.15) is 22.9 Å².